The Bertz CT molecular complexity index is 406. The molecule has 0 aliphatic rings. The van der Waals surface area contributed by atoms with E-state index in [1.165, 1.54) is 14.0 Å². The average Bonchev–Trinajstić information content (AvgIpc) is 2.36. The maximum atomic E-state index is 10.8. The average molecular weight is 253 g/mol. The van der Waals surface area contributed by atoms with Crippen LogP contribution in [0.25, 0.3) is 0 Å². The summed E-state index contributed by atoms with van der Waals surface area (Å²) < 4.78 is 10.5. The zero-order valence-corrected chi connectivity index (χ0v) is 10.9. The molecule has 1 aromatic carbocycles. The summed E-state index contributed by atoms with van der Waals surface area (Å²) in [5.74, 6) is -0.0275. The van der Waals surface area contributed by atoms with Crippen LogP contribution in [0.3, 0.4) is 0 Å². The molecule has 0 aliphatic heterocycles. The summed E-state index contributed by atoms with van der Waals surface area (Å²) in [6.07, 6.45) is -0.909. The van der Waals surface area contributed by atoms with E-state index in [1.807, 2.05) is 13.0 Å². The molecule has 1 aromatic rings. The van der Waals surface area contributed by atoms with Crippen LogP contribution in [0.1, 0.15) is 19.4 Å². The van der Waals surface area contributed by atoms with Gasteiger partial charge in [-0.3, -0.25) is 0 Å². The third-order valence-corrected chi connectivity index (χ3v) is 2.46. The van der Waals surface area contributed by atoms with Gasteiger partial charge in [-0.05, 0) is 31.2 Å². The minimum atomic E-state index is -1.01. The van der Waals surface area contributed by atoms with Gasteiger partial charge in [0.25, 0.3) is 0 Å². The van der Waals surface area contributed by atoms with Crippen LogP contribution < -0.4 is 14.8 Å². The number of ether oxygens (including phenoxy) is 2. The summed E-state index contributed by atoms with van der Waals surface area (Å²) in [7, 11) is 1.53. The van der Waals surface area contributed by atoms with Gasteiger partial charge < -0.3 is 19.9 Å². The smallest absolute Gasteiger partial charge is 0.344 e. The van der Waals surface area contributed by atoms with Crippen molar-refractivity contribution in [2.24, 2.45) is 0 Å². The van der Waals surface area contributed by atoms with Crippen molar-refractivity contribution >= 4 is 5.97 Å². The van der Waals surface area contributed by atoms with Gasteiger partial charge in [0.2, 0.25) is 0 Å². The van der Waals surface area contributed by atoms with Crippen molar-refractivity contribution in [2.45, 2.75) is 26.5 Å². The monoisotopic (exact) mass is 253 g/mol. The fourth-order valence-electron chi connectivity index (χ4n) is 1.43. The van der Waals surface area contributed by atoms with Crippen LogP contribution in [0.2, 0.25) is 0 Å². The number of methoxy groups -OCH3 is 1. The number of aliphatic carboxylic acids is 1. The molecule has 0 saturated carbocycles. The molecule has 0 heterocycles. The number of carboxylic acids is 1. The summed E-state index contributed by atoms with van der Waals surface area (Å²) >= 11 is 0. The Morgan fingerprint density at radius 3 is 2.72 bits per heavy atom. The molecule has 18 heavy (non-hydrogen) atoms. The summed E-state index contributed by atoms with van der Waals surface area (Å²) in [6.45, 7) is 5.08. The summed E-state index contributed by atoms with van der Waals surface area (Å²) in [5, 5.41) is 12.0. The van der Waals surface area contributed by atoms with Crippen molar-refractivity contribution in [1.29, 1.82) is 0 Å². The lowest BCUT2D eigenvalue weighted by molar-refractivity contribution is -0.144. The Labute approximate surface area is 107 Å². The van der Waals surface area contributed by atoms with Crippen LogP contribution >= 0.6 is 0 Å². The van der Waals surface area contributed by atoms with Gasteiger partial charge in [0.1, 0.15) is 0 Å². The van der Waals surface area contributed by atoms with Crippen molar-refractivity contribution < 1.29 is 19.4 Å². The highest BCUT2D eigenvalue weighted by molar-refractivity contribution is 5.72. The van der Waals surface area contributed by atoms with E-state index >= 15 is 0 Å². The Balaban J connectivity index is 2.87. The fourth-order valence-corrected chi connectivity index (χ4v) is 1.43. The lowest BCUT2D eigenvalue weighted by Gasteiger charge is -2.15. The van der Waals surface area contributed by atoms with Gasteiger partial charge in [0.05, 0.1) is 7.11 Å². The molecule has 100 valence electrons. The first-order chi connectivity index (χ1) is 8.58. The van der Waals surface area contributed by atoms with Crippen LogP contribution in [0.5, 0.6) is 11.5 Å². The molecule has 0 radical (unpaired) electrons. The number of carboxylic acid groups (broad SMARTS) is 1. The molecule has 1 rings (SSSR count). The molecule has 0 aromatic heterocycles. The van der Waals surface area contributed by atoms with Crippen LogP contribution in [0, 0.1) is 0 Å². The minimum Gasteiger partial charge on any atom is -0.493 e. The summed E-state index contributed by atoms with van der Waals surface area (Å²) in [5.41, 5.74) is 1.02. The Morgan fingerprint density at radius 2 is 2.17 bits per heavy atom. The Morgan fingerprint density at radius 1 is 1.44 bits per heavy atom. The molecule has 1 unspecified atom stereocenters. The second-order valence-electron chi connectivity index (χ2n) is 3.86. The van der Waals surface area contributed by atoms with E-state index in [4.69, 9.17) is 14.6 Å². The first kappa shape index (κ1) is 14.3. The van der Waals surface area contributed by atoms with Gasteiger partial charge in [-0.2, -0.15) is 0 Å². The van der Waals surface area contributed by atoms with Gasteiger partial charge >= 0.3 is 5.97 Å². The molecule has 0 aliphatic carbocycles. The lowest BCUT2D eigenvalue weighted by atomic mass is 10.2. The summed E-state index contributed by atoms with van der Waals surface area (Å²) in [6, 6.07) is 5.48. The number of benzene rings is 1. The van der Waals surface area contributed by atoms with E-state index in [-0.39, 0.29) is 0 Å². The molecule has 0 spiro atoms. The molecule has 0 amide bonds. The van der Waals surface area contributed by atoms with E-state index < -0.39 is 12.1 Å². The standard InChI is InChI=1S/C13H19NO4/c1-4-14-8-10-5-6-11(17-3)12(7-10)18-9(2)13(15)16/h5-7,9,14H,4,8H2,1-3H3,(H,15,16). The molecular formula is C13H19NO4. The SMILES string of the molecule is CCNCc1ccc(OC)c(OC(C)C(=O)O)c1. The zero-order chi connectivity index (χ0) is 13.5. The predicted octanol–water partition coefficient (Wildman–Crippen LogP) is 1.66. The molecule has 5 heteroatoms. The van der Waals surface area contributed by atoms with Gasteiger partial charge in [-0.15, -0.1) is 0 Å². The maximum Gasteiger partial charge on any atom is 0.344 e. The third-order valence-electron chi connectivity index (χ3n) is 2.46. The molecule has 5 nitrogen and oxygen atoms in total. The van der Waals surface area contributed by atoms with Crippen molar-refractivity contribution in [1.82, 2.24) is 5.32 Å². The number of hydrogen-bond acceptors (Lipinski definition) is 4. The Kier molecular flexibility index (Phi) is 5.45. The summed E-state index contributed by atoms with van der Waals surface area (Å²) in [4.78, 5) is 10.8. The van der Waals surface area contributed by atoms with E-state index in [0.717, 1.165) is 12.1 Å². The zero-order valence-electron chi connectivity index (χ0n) is 10.9. The third kappa shape index (κ3) is 3.92. The van der Waals surface area contributed by atoms with Crippen LogP contribution in [-0.2, 0) is 11.3 Å². The van der Waals surface area contributed by atoms with Gasteiger partial charge in [0.15, 0.2) is 17.6 Å². The largest absolute Gasteiger partial charge is 0.493 e. The van der Waals surface area contributed by atoms with Crippen molar-refractivity contribution in [3.63, 3.8) is 0 Å². The molecule has 0 saturated heterocycles. The van der Waals surface area contributed by atoms with Crippen LogP contribution in [0.15, 0.2) is 18.2 Å². The van der Waals surface area contributed by atoms with Gasteiger partial charge in [-0.25, -0.2) is 4.79 Å². The normalized spacial score (nSPS) is 11.9. The van der Waals surface area contributed by atoms with Gasteiger partial charge in [-0.1, -0.05) is 13.0 Å². The van der Waals surface area contributed by atoms with Crippen LogP contribution in [0.4, 0.5) is 0 Å². The quantitative estimate of drug-likeness (QED) is 0.773. The minimum absolute atomic E-state index is 0.447. The fraction of sp³-hybridized carbons (Fsp3) is 0.462. The first-order valence-corrected chi connectivity index (χ1v) is 5.85. The lowest BCUT2D eigenvalue weighted by Crippen LogP contribution is -2.23. The second kappa shape index (κ2) is 6.86. The van der Waals surface area contributed by atoms with E-state index in [1.54, 1.807) is 12.1 Å². The predicted molar refractivity (Wildman–Crippen MR) is 68.1 cm³/mol. The molecular weight excluding hydrogens is 234 g/mol. The van der Waals surface area contributed by atoms with Crippen molar-refractivity contribution in [3.8, 4) is 11.5 Å². The van der Waals surface area contributed by atoms with Crippen molar-refractivity contribution in [2.75, 3.05) is 13.7 Å². The number of carbonyl (C=O) groups is 1. The van der Waals surface area contributed by atoms with Crippen LogP contribution in [-0.4, -0.2) is 30.8 Å². The van der Waals surface area contributed by atoms with E-state index in [9.17, 15) is 4.79 Å². The topological polar surface area (TPSA) is 67.8 Å². The Hall–Kier alpha value is -1.75. The number of nitrogens with one attached hydrogen (secondary N) is 1. The highest BCUT2D eigenvalue weighted by atomic mass is 16.5. The number of rotatable bonds is 7. The molecule has 2 N–H and O–H groups in total. The highest BCUT2D eigenvalue weighted by Crippen LogP contribution is 2.29. The van der Waals surface area contributed by atoms with E-state index in [2.05, 4.69) is 5.32 Å². The molecule has 1 atom stereocenters. The van der Waals surface area contributed by atoms with Crippen molar-refractivity contribution in [3.05, 3.63) is 23.8 Å². The highest BCUT2D eigenvalue weighted by Gasteiger charge is 2.15. The molecule has 0 fully saturated rings. The first-order valence-electron chi connectivity index (χ1n) is 5.85. The number of hydrogen-bond donors (Lipinski definition) is 2. The maximum absolute atomic E-state index is 10.8. The van der Waals surface area contributed by atoms with Gasteiger partial charge in [0, 0.05) is 6.54 Å². The second-order valence-corrected chi connectivity index (χ2v) is 3.86. The molecule has 0 bridgehead atoms. The van der Waals surface area contributed by atoms with E-state index in [0.29, 0.717) is 18.0 Å².